The Hall–Kier alpha value is -1.82. The van der Waals surface area contributed by atoms with Crippen molar-refractivity contribution in [1.82, 2.24) is 4.98 Å². The van der Waals surface area contributed by atoms with E-state index in [1.807, 2.05) is 6.07 Å². The third kappa shape index (κ3) is 3.14. The first kappa shape index (κ1) is 13.6. The fourth-order valence-corrected chi connectivity index (χ4v) is 2.54. The molecule has 6 nitrogen and oxygen atoms in total. The van der Waals surface area contributed by atoms with Crippen molar-refractivity contribution in [2.75, 3.05) is 18.1 Å². The summed E-state index contributed by atoms with van der Waals surface area (Å²) in [5.74, 6) is 0.904. The average molecular weight is 264 g/mol. The van der Waals surface area contributed by atoms with Crippen LogP contribution in [0, 0.1) is 0 Å². The lowest BCUT2D eigenvalue weighted by molar-refractivity contribution is 0.262. The Balaban J connectivity index is 2.23. The monoisotopic (exact) mass is 264 g/mol. The molecule has 104 valence electrons. The van der Waals surface area contributed by atoms with Crippen LogP contribution < -0.4 is 10.6 Å². The van der Waals surface area contributed by atoms with Crippen LogP contribution in [0.5, 0.6) is 0 Å². The van der Waals surface area contributed by atoms with Crippen LogP contribution in [0.1, 0.15) is 31.2 Å². The molecular weight excluding hydrogens is 244 g/mol. The molecule has 0 spiro atoms. The molecule has 19 heavy (non-hydrogen) atoms. The molecule has 2 rings (SSSR count). The molecule has 1 fully saturated rings. The minimum absolute atomic E-state index is 0.0827. The highest BCUT2D eigenvalue weighted by molar-refractivity contribution is 5.97. The second-order valence-electron chi connectivity index (χ2n) is 4.74. The predicted octanol–water partition coefficient (Wildman–Crippen LogP) is 0.917. The summed E-state index contributed by atoms with van der Waals surface area (Å²) in [6.45, 7) is 1.11. The van der Waals surface area contributed by atoms with E-state index in [1.165, 1.54) is 6.42 Å². The summed E-state index contributed by atoms with van der Waals surface area (Å²) in [4.78, 5) is 6.57. The second kappa shape index (κ2) is 6.38. The maximum absolute atomic E-state index is 9.14. The van der Waals surface area contributed by atoms with Gasteiger partial charge in [0.2, 0.25) is 0 Å². The van der Waals surface area contributed by atoms with E-state index < -0.39 is 0 Å². The van der Waals surface area contributed by atoms with Crippen LogP contribution in [0.2, 0.25) is 0 Å². The number of oxime groups is 1. The highest BCUT2D eigenvalue weighted by atomic mass is 16.4. The third-order valence-electron chi connectivity index (χ3n) is 3.53. The molecule has 0 amide bonds. The zero-order chi connectivity index (χ0) is 13.7. The van der Waals surface area contributed by atoms with Gasteiger partial charge in [-0.15, -0.1) is 0 Å². The molecule has 1 atom stereocenters. The maximum atomic E-state index is 9.14. The number of aliphatic hydroxyl groups excluding tert-OH is 1. The molecule has 0 bridgehead atoms. The van der Waals surface area contributed by atoms with Crippen molar-refractivity contribution in [3.8, 4) is 0 Å². The van der Waals surface area contributed by atoms with Gasteiger partial charge in [0.05, 0.1) is 0 Å². The minimum atomic E-state index is 0.0827. The molecule has 1 aliphatic heterocycles. The van der Waals surface area contributed by atoms with Crippen molar-refractivity contribution >= 4 is 11.7 Å². The van der Waals surface area contributed by atoms with Gasteiger partial charge in [0, 0.05) is 31.0 Å². The van der Waals surface area contributed by atoms with Gasteiger partial charge in [-0.2, -0.15) is 0 Å². The Morgan fingerprint density at radius 2 is 2.37 bits per heavy atom. The fourth-order valence-electron chi connectivity index (χ4n) is 2.54. The predicted molar refractivity (Wildman–Crippen MR) is 73.4 cm³/mol. The van der Waals surface area contributed by atoms with E-state index >= 15 is 0 Å². The smallest absolute Gasteiger partial charge is 0.170 e. The van der Waals surface area contributed by atoms with Gasteiger partial charge in [-0.25, -0.2) is 4.98 Å². The first-order valence-corrected chi connectivity index (χ1v) is 6.57. The number of piperidine rings is 1. The second-order valence-corrected chi connectivity index (χ2v) is 4.74. The summed E-state index contributed by atoms with van der Waals surface area (Å²) >= 11 is 0. The van der Waals surface area contributed by atoms with Crippen molar-refractivity contribution in [2.24, 2.45) is 10.9 Å². The van der Waals surface area contributed by atoms with E-state index in [0.29, 0.717) is 11.6 Å². The molecule has 0 aromatic carbocycles. The van der Waals surface area contributed by atoms with Crippen LogP contribution in [0.3, 0.4) is 0 Å². The quantitative estimate of drug-likeness (QED) is 0.325. The van der Waals surface area contributed by atoms with Gasteiger partial charge in [-0.3, -0.25) is 0 Å². The van der Waals surface area contributed by atoms with Gasteiger partial charge in [-0.1, -0.05) is 5.16 Å². The molecular formula is C13H20N4O2. The van der Waals surface area contributed by atoms with Gasteiger partial charge in [0.15, 0.2) is 5.84 Å². The molecule has 1 aliphatic rings. The highest BCUT2D eigenvalue weighted by Gasteiger charge is 2.23. The highest BCUT2D eigenvalue weighted by Crippen LogP contribution is 2.25. The van der Waals surface area contributed by atoms with Gasteiger partial charge < -0.3 is 20.9 Å². The summed E-state index contributed by atoms with van der Waals surface area (Å²) in [5, 5.41) is 20.9. The molecule has 1 aromatic heterocycles. The number of hydrogen-bond acceptors (Lipinski definition) is 5. The molecule has 1 saturated heterocycles. The summed E-state index contributed by atoms with van der Waals surface area (Å²) in [5.41, 5.74) is 6.25. The van der Waals surface area contributed by atoms with Crippen LogP contribution in [0.25, 0.3) is 0 Å². The number of pyridine rings is 1. The number of rotatable bonds is 4. The number of aromatic nitrogens is 1. The Bertz CT molecular complexity index is 448. The van der Waals surface area contributed by atoms with E-state index in [4.69, 9.17) is 16.0 Å². The van der Waals surface area contributed by atoms with Crippen molar-refractivity contribution in [3.05, 3.63) is 23.9 Å². The largest absolute Gasteiger partial charge is 0.409 e. The Morgan fingerprint density at radius 3 is 3.11 bits per heavy atom. The number of aliphatic hydroxyl groups is 1. The topological polar surface area (TPSA) is 95.0 Å². The van der Waals surface area contributed by atoms with Crippen LogP contribution in [0.15, 0.2) is 23.5 Å². The number of anilines is 1. The average Bonchev–Trinajstić information content (AvgIpc) is 2.47. The van der Waals surface area contributed by atoms with Crippen LogP contribution >= 0.6 is 0 Å². The zero-order valence-corrected chi connectivity index (χ0v) is 10.9. The lowest BCUT2D eigenvalue weighted by atomic mass is 9.99. The SMILES string of the molecule is N/C(=N\O)c1ccnc(N2CCCCC2CCO)c1. The van der Waals surface area contributed by atoms with Crippen LogP contribution in [-0.4, -0.2) is 40.3 Å². The Morgan fingerprint density at radius 1 is 1.53 bits per heavy atom. The van der Waals surface area contributed by atoms with E-state index in [-0.39, 0.29) is 12.4 Å². The molecule has 1 aromatic rings. The standard InChI is InChI=1S/C13H20N4O2/c14-13(16-19)10-4-6-15-12(9-10)17-7-2-1-3-11(17)5-8-18/h4,6,9,11,18-19H,1-3,5,7-8H2,(H2,14,16). The lowest BCUT2D eigenvalue weighted by Crippen LogP contribution is -2.40. The number of nitrogens with zero attached hydrogens (tertiary/aromatic N) is 3. The summed E-state index contributed by atoms with van der Waals surface area (Å²) in [7, 11) is 0. The number of hydrogen-bond donors (Lipinski definition) is 3. The van der Waals surface area contributed by atoms with Crippen molar-refractivity contribution in [2.45, 2.75) is 31.7 Å². The summed E-state index contributed by atoms with van der Waals surface area (Å²) < 4.78 is 0. The lowest BCUT2D eigenvalue weighted by Gasteiger charge is -2.36. The fraction of sp³-hybridized carbons (Fsp3) is 0.538. The normalized spacial score (nSPS) is 20.6. The van der Waals surface area contributed by atoms with Gasteiger partial charge in [0.1, 0.15) is 5.82 Å². The minimum Gasteiger partial charge on any atom is -0.409 e. The van der Waals surface area contributed by atoms with Crippen LogP contribution in [-0.2, 0) is 0 Å². The Labute approximate surface area is 112 Å². The van der Waals surface area contributed by atoms with Crippen molar-refractivity contribution in [3.63, 3.8) is 0 Å². The molecule has 4 N–H and O–H groups in total. The number of nitrogens with two attached hydrogens (primary N) is 1. The van der Waals surface area contributed by atoms with Crippen molar-refractivity contribution in [1.29, 1.82) is 0 Å². The molecule has 2 heterocycles. The first-order valence-electron chi connectivity index (χ1n) is 6.57. The van der Waals surface area contributed by atoms with E-state index in [2.05, 4.69) is 15.0 Å². The van der Waals surface area contributed by atoms with E-state index in [1.54, 1.807) is 12.3 Å². The van der Waals surface area contributed by atoms with Gasteiger partial charge >= 0.3 is 0 Å². The zero-order valence-electron chi connectivity index (χ0n) is 10.9. The van der Waals surface area contributed by atoms with E-state index in [9.17, 15) is 0 Å². The van der Waals surface area contributed by atoms with Crippen LogP contribution in [0.4, 0.5) is 5.82 Å². The molecule has 6 heteroatoms. The molecule has 1 unspecified atom stereocenters. The maximum Gasteiger partial charge on any atom is 0.170 e. The van der Waals surface area contributed by atoms with Gasteiger partial charge in [0.25, 0.3) is 0 Å². The Kier molecular flexibility index (Phi) is 4.57. The third-order valence-corrected chi connectivity index (χ3v) is 3.53. The first-order chi connectivity index (χ1) is 9.26. The summed E-state index contributed by atoms with van der Waals surface area (Å²) in [6, 6.07) is 3.85. The molecule has 0 aliphatic carbocycles. The van der Waals surface area contributed by atoms with E-state index in [0.717, 1.165) is 31.6 Å². The molecule has 0 saturated carbocycles. The molecule has 0 radical (unpaired) electrons. The summed E-state index contributed by atoms with van der Waals surface area (Å²) in [6.07, 6.45) is 5.78. The van der Waals surface area contributed by atoms with Crippen molar-refractivity contribution < 1.29 is 10.3 Å². The number of amidine groups is 1. The van der Waals surface area contributed by atoms with Gasteiger partial charge in [-0.05, 0) is 37.8 Å².